The lowest BCUT2D eigenvalue weighted by atomic mass is 10.3. The topological polar surface area (TPSA) is 67.6 Å². The molecule has 1 amide bonds. The maximum atomic E-state index is 12.5. The van der Waals surface area contributed by atoms with E-state index in [1.165, 1.54) is 11.3 Å². The summed E-state index contributed by atoms with van der Waals surface area (Å²) in [6, 6.07) is 11.0. The van der Waals surface area contributed by atoms with Gasteiger partial charge in [-0.2, -0.15) is 0 Å². The molecule has 0 unspecified atom stereocenters. The Bertz CT molecular complexity index is 871. The normalized spacial score (nSPS) is 11.0. The molecule has 0 saturated heterocycles. The van der Waals surface area contributed by atoms with E-state index in [9.17, 15) is 4.79 Å². The molecule has 0 spiro atoms. The van der Waals surface area contributed by atoms with Gasteiger partial charge in [0.15, 0.2) is 10.8 Å². The summed E-state index contributed by atoms with van der Waals surface area (Å²) in [4.78, 5) is 19.9. The molecule has 0 aliphatic carbocycles. The Kier molecular flexibility index (Phi) is 6.26. The van der Waals surface area contributed by atoms with Gasteiger partial charge in [0.1, 0.15) is 11.4 Å². The quantitative estimate of drug-likeness (QED) is 0.586. The van der Waals surface area contributed by atoms with Crippen molar-refractivity contribution >= 4 is 22.9 Å². The van der Waals surface area contributed by atoms with Crippen molar-refractivity contribution in [2.75, 3.05) is 32.6 Å². The second-order valence-electron chi connectivity index (χ2n) is 6.38. The molecule has 3 rings (SSSR count). The molecule has 1 aromatic carbocycles. The summed E-state index contributed by atoms with van der Waals surface area (Å²) in [6.07, 6.45) is 2.56. The van der Waals surface area contributed by atoms with Crippen molar-refractivity contribution in [2.45, 2.75) is 13.3 Å². The number of nitrogens with zero attached hydrogens (tertiary/aromatic N) is 2. The van der Waals surface area contributed by atoms with E-state index >= 15 is 0 Å². The minimum atomic E-state index is -0.235. The van der Waals surface area contributed by atoms with Crippen LogP contribution in [0.3, 0.4) is 0 Å². The summed E-state index contributed by atoms with van der Waals surface area (Å²) < 4.78 is 11.1. The molecular weight excluding hydrogens is 362 g/mol. The molecule has 1 N–H and O–H groups in total. The monoisotopic (exact) mass is 385 g/mol. The van der Waals surface area contributed by atoms with Gasteiger partial charge < -0.3 is 19.4 Å². The summed E-state index contributed by atoms with van der Waals surface area (Å²) in [6.45, 7) is 3.53. The number of rotatable bonds is 8. The molecule has 2 heterocycles. The predicted octanol–water partition coefficient (Wildman–Crippen LogP) is 4.29. The maximum absolute atomic E-state index is 12.5. The molecule has 0 atom stereocenters. The van der Waals surface area contributed by atoms with Crippen molar-refractivity contribution in [3.8, 4) is 16.5 Å². The zero-order valence-electron chi connectivity index (χ0n) is 15.7. The van der Waals surface area contributed by atoms with Gasteiger partial charge in [-0.3, -0.25) is 4.79 Å². The molecule has 0 aliphatic heterocycles. The van der Waals surface area contributed by atoms with E-state index in [0.29, 0.717) is 28.8 Å². The van der Waals surface area contributed by atoms with E-state index < -0.39 is 0 Å². The van der Waals surface area contributed by atoms with Crippen molar-refractivity contribution in [1.82, 2.24) is 9.88 Å². The van der Waals surface area contributed by atoms with Gasteiger partial charge in [0, 0.05) is 17.1 Å². The van der Waals surface area contributed by atoms with Crippen LogP contribution in [-0.2, 0) is 0 Å². The molecule has 0 saturated carbocycles. The Morgan fingerprint density at radius 2 is 2.04 bits per heavy atom. The van der Waals surface area contributed by atoms with Crippen LogP contribution < -0.4 is 10.1 Å². The average molecular weight is 385 g/mol. The third kappa shape index (κ3) is 5.18. The van der Waals surface area contributed by atoms with Crippen molar-refractivity contribution < 1.29 is 13.9 Å². The second kappa shape index (κ2) is 8.83. The summed E-state index contributed by atoms with van der Waals surface area (Å²) in [5.74, 6) is 1.22. The van der Waals surface area contributed by atoms with Crippen molar-refractivity contribution in [2.24, 2.45) is 0 Å². The lowest BCUT2D eigenvalue weighted by Gasteiger charge is -2.11. The first-order valence-corrected chi connectivity index (χ1v) is 9.55. The summed E-state index contributed by atoms with van der Waals surface area (Å²) >= 11 is 1.44. The summed E-state index contributed by atoms with van der Waals surface area (Å²) in [5, 5.41) is 3.58. The van der Waals surface area contributed by atoms with Gasteiger partial charge in [0.2, 0.25) is 0 Å². The predicted molar refractivity (Wildman–Crippen MR) is 108 cm³/mol. The Balaban J connectivity index is 1.58. The standard InChI is InChI=1S/C20H23N3O3S/c1-14-18(22-20(27-14)17-6-4-12-26-17)19(24)21-15-7-9-16(10-8-15)25-13-5-11-23(2)3/h4,6-10,12H,5,11,13H2,1-3H3,(H,21,24). The van der Waals surface area contributed by atoms with Crippen LogP contribution in [0.5, 0.6) is 5.75 Å². The zero-order chi connectivity index (χ0) is 19.2. The number of ether oxygens (including phenoxy) is 1. The van der Waals surface area contributed by atoms with E-state index in [4.69, 9.17) is 9.15 Å². The lowest BCUT2D eigenvalue weighted by molar-refractivity contribution is 0.102. The number of carbonyl (C=O) groups excluding carboxylic acids is 1. The largest absolute Gasteiger partial charge is 0.494 e. The van der Waals surface area contributed by atoms with Gasteiger partial charge in [0.05, 0.1) is 12.9 Å². The molecule has 0 radical (unpaired) electrons. The number of benzene rings is 1. The van der Waals surface area contributed by atoms with E-state index in [0.717, 1.165) is 23.6 Å². The van der Waals surface area contributed by atoms with E-state index in [2.05, 4.69) is 15.2 Å². The first-order chi connectivity index (χ1) is 13.0. The number of anilines is 1. The highest BCUT2D eigenvalue weighted by Gasteiger charge is 2.17. The van der Waals surface area contributed by atoms with Crippen LogP contribution in [-0.4, -0.2) is 43.0 Å². The number of aryl methyl sites for hydroxylation is 1. The number of hydrogen-bond acceptors (Lipinski definition) is 6. The number of furan rings is 1. The van der Waals surface area contributed by atoms with Crippen LogP contribution in [0.15, 0.2) is 47.1 Å². The first-order valence-electron chi connectivity index (χ1n) is 8.73. The van der Waals surface area contributed by atoms with Gasteiger partial charge >= 0.3 is 0 Å². The number of nitrogens with one attached hydrogen (secondary N) is 1. The molecule has 142 valence electrons. The van der Waals surface area contributed by atoms with Crippen LogP contribution in [0, 0.1) is 6.92 Å². The number of hydrogen-bond donors (Lipinski definition) is 1. The molecule has 3 aromatic rings. The summed E-state index contributed by atoms with van der Waals surface area (Å²) in [5.41, 5.74) is 1.11. The van der Waals surface area contributed by atoms with Crippen LogP contribution in [0.25, 0.3) is 10.8 Å². The minimum absolute atomic E-state index is 0.235. The third-order valence-corrected chi connectivity index (χ3v) is 4.86. The number of aromatic nitrogens is 1. The summed E-state index contributed by atoms with van der Waals surface area (Å²) in [7, 11) is 4.08. The van der Waals surface area contributed by atoms with Crippen LogP contribution >= 0.6 is 11.3 Å². The van der Waals surface area contributed by atoms with E-state index in [-0.39, 0.29) is 5.91 Å². The average Bonchev–Trinajstić information content (AvgIpc) is 3.29. The highest BCUT2D eigenvalue weighted by Crippen LogP contribution is 2.28. The van der Waals surface area contributed by atoms with Crippen LogP contribution in [0.4, 0.5) is 5.69 Å². The Hall–Kier alpha value is -2.64. The Morgan fingerprint density at radius 3 is 2.70 bits per heavy atom. The van der Waals surface area contributed by atoms with Gasteiger partial charge in [-0.25, -0.2) is 4.98 Å². The van der Waals surface area contributed by atoms with Gasteiger partial charge in [-0.1, -0.05) is 0 Å². The molecule has 2 aromatic heterocycles. The molecule has 6 nitrogen and oxygen atoms in total. The van der Waals surface area contributed by atoms with E-state index in [1.807, 2.05) is 51.4 Å². The Morgan fingerprint density at radius 1 is 1.26 bits per heavy atom. The Labute approximate surface area is 162 Å². The highest BCUT2D eigenvalue weighted by atomic mass is 32.1. The van der Waals surface area contributed by atoms with Crippen molar-refractivity contribution in [3.63, 3.8) is 0 Å². The fraction of sp³-hybridized carbons (Fsp3) is 0.300. The smallest absolute Gasteiger partial charge is 0.275 e. The SMILES string of the molecule is Cc1sc(-c2ccco2)nc1C(=O)Nc1ccc(OCCCN(C)C)cc1. The highest BCUT2D eigenvalue weighted by molar-refractivity contribution is 7.15. The lowest BCUT2D eigenvalue weighted by Crippen LogP contribution is -2.15. The molecular formula is C20H23N3O3S. The minimum Gasteiger partial charge on any atom is -0.494 e. The first kappa shape index (κ1) is 19.1. The van der Waals surface area contributed by atoms with Crippen LogP contribution in [0.2, 0.25) is 0 Å². The molecule has 0 bridgehead atoms. The molecule has 0 aliphatic rings. The van der Waals surface area contributed by atoms with Gasteiger partial charge in [0.25, 0.3) is 5.91 Å². The van der Waals surface area contributed by atoms with E-state index in [1.54, 1.807) is 12.3 Å². The third-order valence-electron chi connectivity index (χ3n) is 3.87. The fourth-order valence-electron chi connectivity index (χ4n) is 2.51. The molecule has 27 heavy (non-hydrogen) atoms. The van der Waals surface area contributed by atoms with Gasteiger partial charge in [-0.15, -0.1) is 11.3 Å². The number of thiazole rings is 1. The molecule has 0 fully saturated rings. The van der Waals surface area contributed by atoms with Gasteiger partial charge in [-0.05, 0) is 63.8 Å². The molecule has 7 heteroatoms. The fourth-order valence-corrected chi connectivity index (χ4v) is 3.39. The zero-order valence-corrected chi connectivity index (χ0v) is 16.5. The second-order valence-corrected chi connectivity index (χ2v) is 7.59. The van der Waals surface area contributed by atoms with Crippen molar-refractivity contribution in [3.05, 3.63) is 53.2 Å². The maximum Gasteiger partial charge on any atom is 0.275 e. The number of amides is 1. The van der Waals surface area contributed by atoms with Crippen LogP contribution in [0.1, 0.15) is 21.8 Å². The number of carbonyl (C=O) groups is 1. The van der Waals surface area contributed by atoms with Crippen molar-refractivity contribution in [1.29, 1.82) is 0 Å².